The van der Waals surface area contributed by atoms with Gasteiger partial charge >= 0.3 is 0 Å². The van der Waals surface area contributed by atoms with Crippen molar-refractivity contribution in [3.8, 4) is 11.3 Å². The molecular formula is C24H19F2N3O2. The third-order valence-electron chi connectivity index (χ3n) is 5.77. The van der Waals surface area contributed by atoms with Crippen LogP contribution in [0.5, 0.6) is 0 Å². The molecule has 0 saturated heterocycles. The van der Waals surface area contributed by atoms with E-state index in [1.807, 2.05) is 25.1 Å². The molecule has 3 heterocycles. The first-order valence-corrected chi connectivity index (χ1v) is 9.93. The Bertz CT molecular complexity index is 1350. The highest BCUT2D eigenvalue weighted by Crippen LogP contribution is 2.36. The minimum atomic E-state index is -0.586. The van der Waals surface area contributed by atoms with Crippen LogP contribution in [0.4, 0.5) is 20.3 Å². The summed E-state index contributed by atoms with van der Waals surface area (Å²) in [6, 6.07) is 10.7. The number of furan rings is 1. The van der Waals surface area contributed by atoms with Crippen molar-refractivity contribution in [3.05, 3.63) is 77.1 Å². The second-order valence-electron chi connectivity index (χ2n) is 7.69. The zero-order chi connectivity index (χ0) is 21.7. The molecular weight excluding hydrogens is 400 g/mol. The van der Waals surface area contributed by atoms with Crippen LogP contribution in [0, 0.1) is 18.6 Å². The average Bonchev–Trinajstić information content (AvgIpc) is 3.40. The molecule has 0 aliphatic carbocycles. The Hall–Kier alpha value is -3.74. The summed E-state index contributed by atoms with van der Waals surface area (Å²) in [5, 5.41) is 0.781. The number of fused-ring (bicyclic) bond motifs is 2. The van der Waals surface area contributed by atoms with E-state index in [1.165, 1.54) is 0 Å². The second-order valence-corrected chi connectivity index (χ2v) is 7.69. The van der Waals surface area contributed by atoms with Gasteiger partial charge in [-0.15, -0.1) is 0 Å². The summed E-state index contributed by atoms with van der Waals surface area (Å²) in [5.41, 5.74) is 11.1. The van der Waals surface area contributed by atoms with Crippen molar-refractivity contribution in [2.45, 2.75) is 19.8 Å². The lowest BCUT2D eigenvalue weighted by atomic mass is 10.0. The van der Waals surface area contributed by atoms with Gasteiger partial charge in [-0.25, -0.2) is 13.8 Å². The normalized spacial score (nSPS) is 13.1. The van der Waals surface area contributed by atoms with Gasteiger partial charge in [-0.1, -0.05) is 6.07 Å². The number of aromatic nitrogens is 1. The van der Waals surface area contributed by atoms with Crippen molar-refractivity contribution < 1.29 is 18.0 Å². The number of hydrogen-bond acceptors (Lipinski definition) is 4. The number of amides is 1. The van der Waals surface area contributed by atoms with E-state index in [0.29, 0.717) is 24.4 Å². The number of nitrogen functional groups attached to an aromatic ring is 1. The Morgan fingerprint density at radius 3 is 2.87 bits per heavy atom. The number of rotatable bonds is 3. The zero-order valence-corrected chi connectivity index (χ0v) is 16.8. The van der Waals surface area contributed by atoms with E-state index >= 15 is 0 Å². The molecule has 5 nitrogen and oxygen atoms in total. The highest BCUT2D eigenvalue weighted by atomic mass is 19.1. The molecule has 31 heavy (non-hydrogen) atoms. The fourth-order valence-electron chi connectivity index (χ4n) is 4.20. The van der Waals surface area contributed by atoms with E-state index in [0.717, 1.165) is 51.7 Å². The molecule has 0 bridgehead atoms. The van der Waals surface area contributed by atoms with Gasteiger partial charge in [0, 0.05) is 28.9 Å². The third kappa shape index (κ3) is 3.22. The number of benzene rings is 2. The maximum Gasteiger partial charge on any atom is 0.231 e. The second kappa shape index (κ2) is 7.19. The number of halogens is 2. The van der Waals surface area contributed by atoms with E-state index in [2.05, 4.69) is 4.98 Å². The van der Waals surface area contributed by atoms with Crippen molar-refractivity contribution >= 4 is 28.4 Å². The van der Waals surface area contributed by atoms with E-state index in [-0.39, 0.29) is 17.9 Å². The number of aryl methyl sites for hydroxylation is 1. The summed E-state index contributed by atoms with van der Waals surface area (Å²) >= 11 is 0. The van der Waals surface area contributed by atoms with E-state index in [4.69, 9.17) is 10.2 Å². The fourth-order valence-corrected chi connectivity index (χ4v) is 4.20. The van der Waals surface area contributed by atoms with Gasteiger partial charge in [-0.2, -0.15) is 0 Å². The van der Waals surface area contributed by atoms with Crippen LogP contribution < -0.4 is 10.6 Å². The highest BCUT2D eigenvalue weighted by Gasteiger charge is 2.26. The smallest absolute Gasteiger partial charge is 0.231 e. The van der Waals surface area contributed by atoms with Gasteiger partial charge in [-0.05, 0) is 55.3 Å². The standard InChI is InChI=1S/C24H19F2N3O2/c1-13-22(28-24(27)18-7-9-31-23(13)18)15-2-5-20-14(10-15)6-8-29(20)21(30)12-16-11-17(25)3-4-19(16)26/h2-5,7,9-11H,6,8,12H2,1H3,(H2,27,28). The van der Waals surface area contributed by atoms with Crippen molar-refractivity contribution in [2.24, 2.45) is 0 Å². The van der Waals surface area contributed by atoms with Crippen LogP contribution in [0.25, 0.3) is 22.2 Å². The van der Waals surface area contributed by atoms with E-state index in [9.17, 15) is 13.6 Å². The molecule has 1 aliphatic rings. The zero-order valence-electron chi connectivity index (χ0n) is 16.8. The van der Waals surface area contributed by atoms with Crippen molar-refractivity contribution in [1.29, 1.82) is 0 Å². The van der Waals surface area contributed by atoms with Gasteiger partial charge in [0.25, 0.3) is 0 Å². The number of pyridine rings is 1. The molecule has 5 rings (SSSR count). The lowest BCUT2D eigenvalue weighted by molar-refractivity contribution is -0.117. The summed E-state index contributed by atoms with van der Waals surface area (Å²) in [6.07, 6.45) is 2.06. The predicted molar refractivity (Wildman–Crippen MR) is 115 cm³/mol. The molecule has 7 heteroatoms. The Labute approximate surface area is 177 Å². The van der Waals surface area contributed by atoms with E-state index in [1.54, 1.807) is 17.2 Å². The summed E-state index contributed by atoms with van der Waals surface area (Å²) in [6.45, 7) is 2.42. The molecule has 2 N–H and O–H groups in total. The minimum absolute atomic E-state index is 0.0529. The molecule has 0 saturated carbocycles. The molecule has 2 aromatic heterocycles. The maximum absolute atomic E-state index is 13.9. The van der Waals surface area contributed by atoms with Gasteiger partial charge in [0.2, 0.25) is 5.91 Å². The van der Waals surface area contributed by atoms with Gasteiger partial charge < -0.3 is 15.1 Å². The molecule has 0 spiro atoms. The van der Waals surface area contributed by atoms with Gasteiger partial charge in [-0.3, -0.25) is 4.79 Å². The van der Waals surface area contributed by atoms with Crippen molar-refractivity contribution in [2.75, 3.05) is 17.2 Å². The van der Waals surface area contributed by atoms with Crippen LogP contribution in [0.3, 0.4) is 0 Å². The lowest BCUT2D eigenvalue weighted by Gasteiger charge is -2.18. The SMILES string of the molecule is Cc1c(-c2ccc3c(c2)CCN3C(=O)Cc2cc(F)ccc2F)nc(N)c2ccoc12. The van der Waals surface area contributed by atoms with Crippen LogP contribution in [0.1, 0.15) is 16.7 Å². The highest BCUT2D eigenvalue weighted by molar-refractivity contribution is 5.98. The quantitative estimate of drug-likeness (QED) is 0.518. The first-order valence-electron chi connectivity index (χ1n) is 9.93. The summed E-state index contributed by atoms with van der Waals surface area (Å²) in [4.78, 5) is 19.0. The molecule has 2 aromatic carbocycles. The Morgan fingerprint density at radius 1 is 1.19 bits per heavy atom. The summed E-state index contributed by atoms with van der Waals surface area (Å²) < 4.78 is 33.0. The first kappa shape index (κ1) is 19.2. The summed E-state index contributed by atoms with van der Waals surface area (Å²) in [5.74, 6) is -1.02. The Kier molecular flexibility index (Phi) is 4.46. The van der Waals surface area contributed by atoms with Crippen LogP contribution in [-0.4, -0.2) is 17.4 Å². The monoisotopic (exact) mass is 419 g/mol. The molecule has 4 aromatic rings. The third-order valence-corrected chi connectivity index (χ3v) is 5.77. The number of hydrogen-bond donors (Lipinski definition) is 1. The van der Waals surface area contributed by atoms with Crippen LogP contribution >= 0.6 is 0 Å². The summed E-state index contributed by atoms with van der Waals surface area (Å²) in [7, 11) is 0. The predicted octanol–water partition coefficient (Wildman–Crippen LogP) is 4.80. The van der Waals surface area contributed by atoms with Gasteiger partial charge in [0.15, 0.2) is 0 Å². The van der Waals surface area contributed by atoms with Crippen molar-refractivity contribution in [1.82, 2.24) is 4.98 Å². The fraction of sp³-hybridized carbons (Fsp3) is 0.167. The minimum Gasteiger partial charge on any atom is -0.464 e. The molecule has 0 atom stereocenters. The molecule has 156 valence electrons. The van der Waals surface area contributed by atoms with Crippen LogP contribution in [0.15, 0.2) is 53.1 Å². The number of nitrogens with two attached hydrogens (primary N) is 1. The van der Waals surface area contributed by atoms with Crippen LogP contribution in [0.2, 0.25) is 0 Å². The van der Waals surface area contributed by atoms with Crippen molar-refractivity contribution in [3.63, 3.8) is 0 Å². The van der Waals surface area contributed by atoms with Gasteiger partial charge in [0.05, 0.1) is 23.8 Å². The van der Waals surface area contributed by atoms with E-state index < -0.39 is 11.6 Å². The largest absolute Gasteiger partial charge is 0.464 e. The Morgan fingerprint density at radius 2 is 2.03 bits per heavy atom. The molecule has 0 unspecified atom stereocenters. The molecule has 0 fully saturated rings. The molecule has 1 aliphatic heterocycles. The number of carbonyl (C=O) groups excluding carboxylic acids is 1. The molecule has 1 amide bonds. The number of nitrogens with zero attached hydrogens (tertiary/aromatic N) is 2. The number of carbonyl (C=O) groups is 1. The molecule has 0 radical (unpaired) electrons. The van der Waals surface area contributed by atoms with Crippen LogP contribution in [-0.2, 0) is 17.6 Å². The lowest BCUT2D eigenvalue weighted by Crippen LogP contribution is -2.30. The maximum atomic E-state index is 13.9. The average molecular weight is 419 g/mol. The number of anilines is 2. The Balaban J connectivity index is 1.46. The van der Waals surface area contributed by atoms with Gasteiger partial charge in [0.1, 0.15) is 23.0 Å². The first-order chi connectivity index (χ1) is 14.9. The topological polar surface area (TPSA) is 72.4 Å².